The van der Waals surface area contributed by atoms with Gasteiger partial charge < -0.3 is 10.1 Å². The van der Waals surface area contributed by atoms with E-state index in [0.717, 1.165) is 29.1 Å². The Bertz CT molecular complexity index is 785. The Morgan fingerprint density at radius 1 is 1.12 bits per heavy atom. The smallest absolute Gasteiger partial charge is 0.226 e. The van der Waals surface area contributed by atoms with Crippen LogP contribution in [0.2, 0.25) is 0 Å². The molecule has 26 heavy (non-hydrogen) atoms. The molecule has 0 saturated carbocycles. The molecule has 3 rings (SSSR count). The number of amides is 1. The number of carbonyl (C=O) groups excluding carboxylic acids is 1. The van der Waals surface area contributed by atoms with E-state index in [-0.39, 0.29) is 5.91 Å². The fourth-order valence-corrected chi connectivity index (χ4v) is 4.00. The summed E-state index contributed by atoms with van der Waals surface area (Å²) in [6.45, 7) is 2.00. The highest BCUT2D eigenvalue weighted by atomic mass is 32.1. The van der Waals surface area contributed by atoms with E-state index in [2.05, 4.69) is 27.8 Å². The second-order valence-electron chi connectivity index (χ2n) is 5.88. The first kappa shape index (κ1) is 18.8. The zero-order valence-electron chi connectivity index (χ0n) is 14.5. The Hall–Kier alpha value is -2.02. The number of aromatic nitrogens is 1. The molecule has 1 N–H and O–H groups in total. The van der Waals surface area contributed by atoms with E-state index in [0.29, 0.717) is 26.2 Å². The van der Waals surface area contributed by atoms with Gasteiger partial charge in [0.1, 0.15) is 5.01 Å². The summed E-state index contributed by atoms with van der Waals surface area (Å²) in [5.41, 5.74) is 3.23. The molecule has 0 aliphatic rings. The van der Waals surface area contributed by atoms with Gasteiger partial charge in [0.2, 0.25) is 5.91 Å². The number of rotatable bonds is 10. The number of benzene rings is 1. The number of nitrogens with zero attached hydrogens (tertiary/aromatic N) is 1. The topological polar surface area (TPSA) is 51.2 Å². The standard InChI is InChI=1S/C20H22N2O2S2/c23-19(13-18-15-26-20(22-18)17-8-12-25-14-17)21-9-4-10-24-11-7-16-5-2-1-3-6-16/h1-3,5-6,8,12,14-15H,4,7,9-11,13H2,(H,21,23). The van der Waals surface area contributed by atoms with E-state index >= 15 is 0 Å². The highest BCUT2D eigenvalue weighted by Gasteiger charge is 2.09. The molecule has 0 aliphatic heterocycles. The summed E-state index contributed by atoms with van der Waals surface area (Å²) in [6.07, 6.45) is 2.07. The van der Waals surface area contributed by atoms with E-state index < -0.39 is 0 Å². The minimum Gasteiger partial charge on any atom is -0.381 e. The summed E-state index contributed by atoms with van der Waals surface area (Å²) >= 11 is 3.23. The first-order valence-corrected chi connectivity index (χ1v) is 10.5. The number of ether oxygens (including phenoxy) is 1. The van der Waals surface area contributed by atoms with Crippen LogP contribution in [0.15, 0.2) is 52.5 Å². The monoisotopic (exact) mass is 386 g/mol. The highest BCUT2D eigenvalue weighted by molar-refractivity contribution is 7.14. The summed E-state index contributed by atoms with van der Waals surface area (Å²) in [5.74, 6) is 0.0106. The van der Waals surface area contributed by atoms with Crippen molar-refractivity contribution in [1.82, 2.24) is 10.3 Å². The van der Waals surface area contributed by atoms with Gasteiger partial charge in [-0.2, -0.15) is 11.3 Å². The third-order valence-corrected chi connectivity index (χ3v) is 5.45. The minimum absolute atomic E-state index is 0.0106. The SMILES string of the molecule is O=C(Cc1csc(-c2ccsc2)n1)NCCCOCCc1ccccc1. The van der Waals surface area contributed by atoms with Crippen LogP contribution in [0.5, 0.6) is 0 Å². The number of nitrogens with one attached hydrogen (secondary N) is 1. The van der Waals surface area contributed by atoms with Gasteiger partial charge >= 0.3 is 0 Å². The van der Waals surface area contributed by atoms with Gasteiger partial charge in [0.05, 0.1) is 18.7 Å². The molecule has 0 bridgehead atoms. The minimum atomic E-state index is 0.0106. The molecule has 0 saturated heterocycles. The van der Waals surface area contributed by atoms with Crippen molar-refractivity contribution in [1.29, 1.82) is 0 Å². The van der Waals surface area contributed by atoms with E-state index in [1.807, 2.05) is 35.0 Å². The molecule has 0 aliphatic carbocycles. The van der Waals surface area contributed by atoms with E-state index in [4.69, 9.17) is 4.74 Å². The van der Waals surface area contributed by atoms with Crippen LogP contribution in [0.25, 0.3) is 10.6 Å². The first-order valence-electron chi connectivity index (χ1n) is 8.66. The van der Waals surface area contributed by atoms with E-state index in [1.54, 1.807) is 22.7 Å². The normalized spacial score (nSPS) is 10.8. The summed E-state index contributed by atoms with van der Waals surface area (Å²) in [4.78, 5) is 16.5. The zero-order chi connectivity index (χ0) is 18.0. The van der Waals surface area contributed by atoms with Crippen LogP contribution in [-0.4, -0.2) is 30.6 Å². The van der Waals surface area contributed by atoms with Gasteiger partial charge in [-0.25, -0.2) is 4.98 Å². The molecule has 0 radical (unpaired) electrons. The van der Waals surface area contributed by atoms with Crippen molar-refractivity contribution < 1.29 is 9.53 Å². The van der Waals surface area contributed by atoms with Crippen LogP contribution in [-0.2, 0) is 22.4 Å². The Kier molecular flexibility index (Phi) is 7.37. The van der Waals surface area contributed by atoms with Crippen LogP contribution < -0.4 is 5.32 Å². The zero-order valence-corrected chi connectivity index (χ0v) is 16.2. The predicted octanol–water partition coefficient (Wildman–Crippen LogP) is 4.18. The van der Waals surface area contributed by atoms with Gasteiger partial charge in [-0.15, -0.1) is 11.3 Å². The van der Waals surface area contributed by atoms with Gasteiger partial charge in [-0.3, -0.25) is 4.79 Å². The van der Waals surface area contributed by atoms with Crippen molar-refractivity contribution in [2.75, 3.05) is 19.8 Å². The second kappa shape index (κ2) is 10.2. The van der Waals surface area contributed by atoms with Crippen LogP contribution >= 0.6 is 22.7 Å². The molecule has 1 amide bonds. The summed E-state index contributed by atoms with van der Waals surface area (Å²) in [6, 6.07) is 12.3. The van der Waals surface area contributed by atoms with Crippen LogP contribution in [0.4, 0.5) is 0 Å². The lowest BCUT2D eigenvalue weighted by Crippen LogP contribution is -2.27. The number of hydrogen-bond donors (Lipinski definition) is 1. The average molecular weight is 387 g/mol. The third kappa shape index (κ3) is 6.05. The molecule has 3 aromatic rings. The maximum atomic E-state index is 12.0. The first-order chi connectivity index (χ1) is 12.8. The van der Waals surface area contributed by atoms with Crippen molar-refractivity contribution in [3.63, 3.8) is 0 Å². The van der Waals surface area contributed by atoms with Crippen molar-refractivity contribution in [3.05, 3.63) is 63.8 Å². The van der Waals surface area contributed by atoms with Crippen molar-refractivity contribution >= 4 is 28.6 Å². The van der Waals surface area contributed by atoms with E-state index in [9.17, 15) is 4.79 Å². The Labute approximate surface area is 161 Å². The Morgan fingerprint density at radius 2 is 2.00 bits per heavy atom. The van der Waals surface area contributed by atoms with Gasteiger partial charge in [-0.05, 0) is 29.9 Å². The third-order valence-electron chi connectivity index (χ3n) is 3.83. The maximum absolute atomic E-state index is 12.0. The molecule has 1 aromatic carbocycles. The number of carbonyl (C=O) groups is 1. The predicted molar refractivity (Wildman–Crippen MR) is 108 cm³/mol. The lowest BCUT2D eigenvalue weighted by molar-refractivity contribution is -0.120. The highest BCUT2D eigenvalue weighted by Crippen LogP contribution is 2.25. The Morgan fingerprint density at radius 3 is 2.81 bits per heavy atom. The van der Waals surface area contributed by atoms with Gasteiger partial charge in [0.25, 0.3) is 0 Å². The molecule has 0 unspecified atom stereocenters. The van der Waals surface area contributed by atoms with Crippen LogP contribution in [0, 0.1) is 0 Å². The second-order valence-corrected chi connectivity index (χ2v) is 7.52. The van der Waals surface area contributed by atoms with Gasteiger partial charge in [0, 0.05) is 29.5 Å². The van der Waals surface area contributed by atoms with Crippen molar-refractivity contribution in [2.24, 2.45) is 0 Å². The molecule has 4 nitrogen and oxygen atoms in total. The van der Waals surface area contributed by atoms with Crippen molar-refractivity contribution in [3.8, 4) is 10.6 Å². The maximum Gasteiger partial charge on any atom is 0.226 e. The molecule has 0 fully saturated rings. The Balaban J connectivity index is 1.26. The lowest BCUT2D eigenvalue weighted by Gasteiger charge is -2.06. The van der Waals surface area contributed by atoms with Crippen LogP contribution in [0.1, 0.15) is 17.7 Å². The number of thiophene rings is 1. The average Bonchev–Trinajstić information content (AvgIpc) is 3.33. The molecule has 136 valence electrons. The molecule has 6 heteroatoms. The van der Waals surface area contributed by atoms with E-state index in [1.165, 1.54) is 5.56 Å². The largest absolute Gasteiger partial charge is 0.381 e. The molecular weight excluding hydrogens is 364 g/mol. The molecule has 2 heterocycles. The van der Waals surface area contributed by atoms with Gasteiger partial charge in [-0.1, -0.05) is 30.3 Å². The molecular formula is C20H22N2O2S2. The fraction of sp³-hybridized carbons (Fsp3) is 0.300. The summed E-state index contributed by atoms with van der Waals surface area (Å²) in [5, 5.41) is 9.96. The quantitative estimate of drug-likeness (QED) is 0.532. The molecule has 2 aromatic heterocycles. The van der Waals surface area contributed by atoms with Gasteiger partial charge in [0.15, 0.2) is 0 Å². The molecule has 0 atom stereocenters. The summed E-state index contributed by atoms with van der Waals surface area (Å²) < 4.78 is 5.62. The summed E-state index contributed by atoms with van der Waals surface area (Å²) in [7, 11) is 0. The van der Waals surface area contributed by atoms with Crippen LogP contribution in [0.3, 0.4) is 0 Å². The molecule has 0 spiro atoms. The number of thiazole rings is 1. The van der Waals surface area contributed by atoms with Crippen molar-refractivity contribution in [2.45, 2.75) is 19.3 Å². The fourth-order valence-electron chi connectivity index (χ4n) is 2.47. The lowest BCUT2D eigenvalue weighted by atomic mass is 10.2. The number of hydrogen-bond acceptors (Lipinski definition) is 5.